The summed E-state index contributed by atoms with van der Waals surface area (Å²) in [6.07, 6.45) is 8.23. The lowest BCUT2D eigenvalue weighted by molar-refractivity contribution is 0.238. The maximum absolute atomic E-state index is 6.17. The second-order valence-electron chi connectivity index (χ2n) is 4.88. The molecule has 0 spiro atoms. The van der Waals surface area contributed by atoms with Crippen LogP contribution in [0.3, 0.4) is 0 Å². The van der Waals surface area contributed by atoms with Crippen LogP contribution >= 0.6 is 27.5 Å². The molecular formula is C13H18BrClN2. The van der Waals surface area contributed by atoms with E-state index in [-0.39, 0.29) is 5.41 Å². The Hall–Kier alpha value is -0.280. The van der Waals surface area contributed by atoms with Crippen molar-refractivity contribution in [1.29, 1.82) is 0 Å². The van der Waals surface area contributed by atoms with Crippen molar-refractivity contribution in [3.05, 3.63) is 22.8 Å². The first-order valence-corrected chi connectivity index (χ1v) is 7.49. The number of halogens is 2. The molecule has 0 aliphatic heterocycles. The largest absolute Gasteiger partial charge is 0.369 e. The first kappa shape index (κ1) is 13.2. The highest BCUT2D eigenvalue weighted by Crippen LogP contribution is 2.37. The van der Waals surface area contributed by atoms with Crippen LogP contribution in [-0.4, -0.2) is 17.4 Å². The Morgan fingerprint density at radius 3 is 2.76 bits per heavy atom. The standard InChI is InChI=1S/C13H18BrClN2/c14-11-5-4-8-16-12(11)17-10-13(9-15)6-2-1-3-7-13/h4-5,8H,1-3,6-7,9-10H2,(H,16,17). The number of hydrogen-bond acceptors (Lipinski definition) is 2. The molecule has 0 radical (unpaired) electrons. The van der Waals surface area contributed by atoms with E-state index < -0.39 is 0 Å². The van der Waals surface area contributed by atoms with Gasteiger partial charge in [-0.1, -0.05) is 19.3 Å². The minimum atomic E-state index is 0.261. The summed E-state index contributed by atoms with van der Waals surface area (Å²) in [5, 5.41) is 3.43. The normalized spacial score (nSPS) is 18.9. The lowest BCUT2D eigenvalue weighted by atomic mass is 9.75. The fourth-order valence-corrected chi connectivity index (χ4v) is 3.20. The molecule has 1 heterocycles. The van der Waals surface area contributed by atoms with Gasteiger partial charge in [0, 0.05) is 24.0 Å². The number of alkyl halides is 1. The zero-order valence-electron chi connectivity index (χ0n) is 9.88. The zero-order valence-corrected chi connectivity index (χ0v) is 12.2. The third-order valence-corrected chi connectivity index (χ3v) is 4.79. The van der Waals surface area contributed by atoms with Crippen molar-refractivity contribution in [1.82, 2.24) is 4.98 Å². The molecule has 0 bridgehead atoms. The Kier molecular flexibility index (Phi) is 4.69. The number of nitrogens with zero attached hydrogens (tertiary/aromatic N) is 1. The van der Waals surface area contributed by atoms with E-state index in [0.717, 1.165) is 22.7 Å². The Bertz CT molecular complexity index is 364. The SMILES string of the molecule is ClCC1(CNc2ncccc2Br)CCCCC1. The summed E-state index contributed by atoms with van der Waals surface area (Å²) in [4.78, 5) is 4.33. The molecule has 0 amide bonds. The molecule has 94 valence electrons. The van der Waals surface area contributed by atoms with Crippen molar-refractivity contribution in [2.75, 3.05) is 17.7 Å². The quantitative estimate of drug-likeness (QED) is 0.830. The van der Waals surface area contributed by atoms with Crippen LogP contribution in [0.25, 0.3) is 0 Å². The van der Waals surface area contributed by atoms with Crippen LogP contribution in [0.1, 0.15) is 32.1 Å². The van der Waals surface area contributed by atoms with Gasteiger partial charge < -0.3 is 5.32 Å². The van der Waals surface area contributed by atoms with Gasteiger partial charge in [0.25, 0.3) is 0 Å². The predicted molar refractivity (Wildman–Crippen MR) is 76.7 cm³/mol. The van der Waals surface area contributed by atoms with Crippen molar-refractivity contribution in [3.63, 3.8) is 0 Å². The van der Waals surface area contributed by atoms with Crippen LogP contribution in [-0.2, 0) is 0 Å². The molecule has 1 saturated carbocycles. The van der Waals surface area contributed by atoms with Gasteiger partial charge in [-0.2, -0.15) is 0 Å². The summed E-state index contributed by atoms with van der Waals surface area (Å²) < 4.78 is 1.01. The van der Waals surface area contributed by atoms with E-state index in [1.54, 1.807) is 6.20 Å². The van der Waals surface area contributed by atoms with Crippen LogP contribution in [0.5, 0.6) is 0 Å². The van der Waals surface area contributed by atoms with Crippen molar-refractivity contribution in [2.45, 2.75) is 32.1 Å². The molecule has 1 aromatic rings. The summed E-state index contributed by atoms with van der Waals surface area (Å²) in [7, 11) is 0. The van der Waals surface area contributed by atoms with Crippen LogP contribution in [0.4, 0.5) is 5.82 Å². The second kappa shape index (κ2) is 6.05. The molecule has 0 unspecified atom stereocenters. The Balaban J connectivity index is 1.98. The number of pyridine rings is 1. The van der Waals surface area contributed by atoms with E-state index in [2.05, 4.69) is 26.2 Å². The highest BCUT2D eigenvalue weighted by molar-refractivity contribution is 9.10. The van der Waals surface area contributed by atoms with Crippen molar-refractivity contribution in [3.8, 4) is 0 Å². The molecule has 1 aromatic heterocycles. The topological polar surface area (TPSA) is 24.9 Å². The van der Waals surface area contributed by atoms with Gasteiger partial charge in [-0.3, -0.25) is 0 Å². The van der Waals surface area contributed by atoms with E-state index in [0.29, 0.717) is 0 Å². The lowest BCUT2D eigenvalue weighted by Gasteiger charge is -2.35. The first-order valence-electron chi connectivity index (χ1n) is 6.16. The maximum atomic E-state index is 6.17. The Labute approximate surface area is 116 Å². The molecule has 2 rings (SSSR count). The number of rotatable bonds is 4. The molecule has 1 N–H and O–H groups in total. The van der Waals surface area contributed by atoms with E-state index in [1.807, 2.05) is 12.1 Å². The summed E-state index contributed by atoms with van der Waals surface area (Å²) in [5.41, 5.74) is 0.261. The number of hydrogen-bond donors (Lipinski definition) is 1. The monoisotopic (exact) mass is 316 g/mol. The minimum Gasteiger partial charge on any atom is -0.369 e. The minimum absolute atomic E-state index is 0.261. The van der Waals surface area contributed by atoms with Gasteiger partial charge in [0.15, 0.2) is 0 Å². The molecule has 2 nitrogen and oxygen atoms in total. The summed E-state index contributed by atoms with van der Waals surface area (Å²) in [5.74, 6) is 1.66. The summed E-state index contributed by atoms with van der Waals surface area (Å²) >= 11 is 9.67. The fourth-order valence-electron chi connectivity index (χ4n) is 2.45. The molecule has 17 heavy (non-hydrogen) atoms. The van der Waals surface area contributed by atoms with Crippen LogP contribution in [0, 0.1) is 5.41 Å². The van der Waals surface area contributed by atoms with E-state index >= 15 is 0 Å². The Morgan fingerprint density at radius 2 is 2.12 bits per heavy atom. The number of nitrogens with one attached hydrogen (secondary N) is 1. The highest BCUT2D eigenvalue weighted by Gasteiger charge is 2.31. The number of anilines is 1. The lowest BCUT2D eigenvalue weighted by Crippen LogP contribution is -2.34. The third-order valence-electron chi connectivity index (χ3n) is 3.59. The molecule has 0 atom stereocenters. The van der Waals surface area contributed by atoms with Gasteiger partial charge in [-0.25, -0.2) is 4.98 Å². The second-order valence-corrected chi connectivity index (χ2v) is 6.00. The van der Waals surface area contributed by atoms with Gasteiger partial charge in [-0.15, -0.1) is 11.6 Å². The number of aromatic nitrogens is 1. The molecule has 0 aromatic carbocycles. The highest BCUT2D eigenvalue weighted by atomic mass is 79.9. The molecule has 1 fully saturated rings. The van der Waals surface area contributed by atoms with Crippen LogP contribution in [0.15, 0.2) is 22.8 Å². The molecule has 0 saturated heterocycles. The van der Waals surface area contributed by atoms with Crippen molar-refractivity contribution >= 4 is 33.3 Å². The smallest absolute Gasteiger partial charge is 0.140 e. The van der Waals surface area contributed by atoms with Gasteiger partial charge in [0.2, 0.25) is 0 Å². The van der Waals surface area contributed by atoms with Gasteiger partial charge >= 0.3 is 0 Å². The average molecular weight is 318 g/mol. The maximum Gasteiger partial charge on any atom is 0.140 e. The van der Waals surface area contributed by atoms with Crippen LogP contribution < -0.4 is 5.32 Å². The zero-order chi connectivity index (χ0) is 12.1. The van der Waals surface area contributed by atoms with Gasteiger partial charge in [-0.05, 0) is 40.9 Å². The van der Waals surface area contributed by atoms with Gasteiger partial charge in [0.05, 0.1) is 4.47 Å². The van der Waals surface area contributed by atoms with Gasteiger partial charge in [0.1, 0.15) is 5.82 Å². The van der Waals surface area contributed by atoms with Crippen LogP contribution in [0.2, 0.25) is 0 Å². The Morgan fingerprint density at radius 1 is 1.35 bits per heavy atom. The van der Waals surface area contributed by atoms with E-state index in [4.69, 9.17) is 11.6 Å². The predicted octanol–water partition coefficient (Wildman–Crippen LogP) is 4.45. The van der Waals surface area contributed by atoms with Crippen molar-refractivity contribution < 1.29 is 0 Å². The van der Waals surface area contributed by atoms with E-state index in [1.165, 1.54) is 32.1 Å². The van der Waals surface area contributed by atoms with E-state index in [9.17, 15) is 0 Å². The summed E-state index contributed by atoms with van der Waals surface area (Å²) in [6, 6.07) is 3.93. The first-order chi connectivity index (χ1) is 8.26. The third kappa shape index (κ3) is 3.35. The van der Waals surface area contributed by atoms with Crippen molar-refractivity contribution in [2.24, 2.45) is 5.41 Å². The fraction of sp³-hybridized carbons (Fsp3) is 0.615. The molecular weight excluding hydrogens is 300 g/mol. The summed E-state index contributed by atoms with van der Waals surface area (Å²) in [6.45, 7) is 0.923. The molecule has 4 heteroatoms. The molecule has 1 aliphatic rings. The average Bonchev–Trinajstić information content (AvgIpc) is 2.39. The molecule has 1 aliphatic carbocycles.